The molecule has 0 saturated carbocycles. The molecular weight excluding hydrogens is 474 g/mol. The van der Waals surface area contributed by atoms with E-state index >= 15 is 0 Å². The summed E-state index contributed by atoms with van der Waals surface area (Å²) in [4.78, 5) is 12.4. The second kappa shape index (κ2) is 8.75. The van der Waals surface area contributed by atoms with Gasteiger partial charge >= 0.3 is 6.18 Å². The zero-order chi connectivity index (χ0) is 24.5. The Morgan fingerprint density at radius 2 is 1.41 bits per heavy atom. The van der Waals surface area contributed by atoms with Crippen molar-refractivity contribution in [3.05, 3.63) is 102 Å². The molecule has 1 heterocycles. The minimum absolute atomic E-state index is 0.0728. The quantitative estimate of drug-likeness (QED) is 0.312. The number of amides is 1. The first-order valence-corrected chi connectivity index (χ1v) is 11.2. The second-order valence-corrected chi connectivity index (χ2v) is 9.04. The van der Waals surface area contributed by atoms with Crippen LogP contribution in [0.1, 0.15) is 16.1 Å². The monoisotopic (exact) mass is 489 g/mol. The summed E-state index contributed by atoms with van der Waals surface area (Å²) in [6.07, 6.45) is -4.05. The van der Waals surface area contributed by atoms with Crippen LogP contribution in [0.5, 0.6) is 0 Å². The van der Waals surface area contributed by atoms with E-state index in [4.69, 9.17) is 0 Å². The average molecular weight is 489 g/mol. The van der Waals surface area contributed by atoms with E-state index in [1.165, 1.54) is 36.4 Å². The molecule has 3 aromatic carbocycles. The number of carbonyl (C=O) groups excluding carboxylic acids is 1. The fourth-order valence-electron chi connectivity index (χ4n) is 3.22. The predicted molar refractivity (Wildman–Crippen MR) is 115 cm³/mol. The highest BCUT2D eigenvalue weighted by Crippen LogP contribution is 2.34. The lowest BCUT2D eigenvalue weighted by atomic mass is 10.2. The molecular formula is C23H15F4N3O3S. The summed E-state index contributed by atoms with van der Waals surface area (Å²) in [7, 11) is -3.95. The number of carbonyl (C=O) groups is 1. The average Bonchev–Trinajstić information content (AvgIpc) is 3.27. The number of benzene rings is 3. The van der Waals surface area contributed by atoms with E-state index in [0.717, 1.165) is 30.5 Å². The van der Waals surface area contributed by atoms with E-state index in [1.807, 2.05) is 0 Å². The lowest BCUT2D eigenvalue weighted by Gasteiger charge is -2.13. The zero-order valence-electron chi connectivity index (χ0n) is 17.1. The van der Waals surface area contributed by atoms with Crippen molar-refractivity contribution in [3.63, 3.8) is 0 Å². The van der Waals surface area contributed by atoms with Crippen LogP contribution in [0.15, 0.2) is 94.9 Å². The van der Waals surface area contributed by atoms with Gasteiger partial charge in [0.25, 0.3) is 5.91 Å². The summed E-state index contributed by atoms with van der Waals surface area (Å²) in [6.45, 7) is 0. The van der Waals surface area contributed by atoms with Crippen molar-refractivity contribution >= 4 is 21.4 Å². The summed E-state index contributed by atoms with van der Waals surface area (Å²) < 4.78 is 80.3. The highest BCUT2D eigenvalue weighted by atomic mass is 32.2. The second-order valence-electron chi connectivity index (χ2n) is 7.09. The van der Waals surface area contributed by atoms with Crippen LogP contribution in [0, 0.1) is 5.82 Å². The molecule has 4 aromatic rings. The highest BCUT2D eigenvalue weighted by Gasteiger charge is 2.40. The van der Waals surface area contributed by atoms with Crippen molar-refractivity contribution in [2.24, 2.45) is 0 Å². The molecule has 1 N–H and O–H groups in total. The van der Waals surface area contributed by atoms with Gasteiger partial charge in [-0.05, 0) is 60.7 Å². The largest absolute Gasteiger partial charge is 0.434 e. The third-order valence-corrected chi connectivity index (χ3v) is 6.62. The number of hydrogen-bond acceptors (Lipinski definition) is 4. The van der Waals surface area contributed by atoms with Gasteiger partial charge in [0, 0.05) is 5.69 Å². The smallest absolute Gasteiger partial charge is 0.322 e. The Hall–Kier alpha value is -3.99. The number of nitrogens with one attached hydrogen (secondary N) is 1. The number of para-hydroxylation sites is 1. The van der Waals surface area contributed by atoms with Crippen LogP contribution in [-0.4, -0.2) is 24.1 Å². The van der Waals surface area contributed by atoms with E-state index in [0.29, 0.717) is 4.68 Å². The van der Waals surface area contributed by atoms with Crippen molar-refractivity contribution in [3.8, 4) is 5.69 Å². The van der Waals surface area contributed by atoms with Crippen molar-refractivity contribution in [2.45, 2.75) is 16.0 Å². The molecule has 0 aliphatic heterocycles. The topological polar surface area (TPSA) is 81.1 Å². The molecule has 4 rings (SSSR count). The van der Waals surface area contributed by atoms with Crippen LogP contribution >= 0.6 is 0 Å². The molecule has 11 heteroatoms. The minimum Gasteiger partial charge on any atom is -0.322 e. The molecule has 0 unspecified atom stereocenters. The lowest BCUT2D eigenvalue weighted by molar-refractivity contribution is -0.143. The Kier molecular flexibility index (Phi) is 5.96. The number of alkyl halides is 3. The van der Waals surface area contributed by atoms with E-state index in [2.05, 4.69) is 10.4 Å². The number of anilines is 1. The van der Waals surface area contributed by atoms with E-state index in [9.17, 15) is 30.8 Å². The van der Waals surface area contributed by atoms with Gasteiger partial charge in [0.2, 0.25) is 9.84 Å². The van der Waals surface area contributed by atoms with Crippen LogP contribution < -0.4 is 5.32 Å². The molecule has 0 spiro atoms. The molecule has 0 bridgehead atoms. The van der Waals surface area contributed by atoms with Crippen molar-refractivity contribution < 1.29 is 30.8 Å². The van der Waals surface area contributed by atoms with Gasteiger partial charge in [-0.15, -0.1) is 0 Å². The van der Waals surface area contributed by atoms with Gasteiger partial charge in [-0.3, -0.25) is 4.79 Å². The maximum atomic E-state index is 13.8. The van der Waals surface area contributed by atoms with Crippen molar-refractivity contribution in [1.29, 1.82) is 0 Å². The van der Waals surface area contributed by atoms with Crippen LogP contribution in [0.4, 0.5) is 23.2 Å². The molecule has 1 aromatic heterocycles. The van der Waals surface area contributed by atoms with E-state index in [-0.39, 0.29) is 21.2 Å². The molecule has 0 atom stereocenters. The molecule has 0 aliphatic rings. The maximum Gasteiger partial charge on any atom is 0.434 e. The van der Waals surface area contributed by atoms with Gasteiger partial charge < -0.3 is 5.32 Å². The molecule has 0 aliphatic carbocycles. The SMILES string of the molecule is O=C(Nc1ccc(S(=O)(=O)c2ccc(F)cc2)cc1)c1cnn(-c2ccccc2)c1C(F)(F)F. The lowest BCUT2D eigenvalue weighted by Crippen LogP contribution is -2.20. The third-order valence-electron chi connectivity index (χ3n) is 4.83. The molecule has 0 fully saturated rings. The Bertz CT molecular complexity index is 1430. The summed E-state index contributed by atoms with van der Waals surface area (Å²) in [6, 6.07) is 16.7. The zero-order valence-corrected chi connectivity index (χ0v) is 17.9. The summed E-state index contributed by atoms with van der Waals surface area (Å²) in [5.74, 6) is -1.66. The van der Waals surface area contributed by atoms with Gasteiger partial charge in [-0.1, -0.05) is 18.2 Å². The van der Waals surface area contributed by atoms with Crippen molar-refractivity contribution in [2.75, 3.05) is 5.32 Å². The number of sulfone groups is 1. The van der Waals surface area contributed by atoms with Gasteiger partial charge in [0.1, 0.15) is 5.82 Å². The molecule has 0 saturated heterocycles. The summed E-state index contributed by atoms with van der Waals surface area (Å²) in [5.41, 5.74) is -1.74. The van der Waals surface area contributed by atoms with E-state index < -0.39 is 39.0 Å². The first kappa shape index (κ1) is 23.2. The third kappa shape index (κ3) is 4.55. The number of hydrogen-bond donors (Lipinski definition) is 1. The first-order chi connectivity index (χ1) is 16.1. The fraction of sp³-hybridized carbons (Fsp3) is 0.0435. The van der Waals surface area contributed by atoms with Gasteiger partial charge in [-0.25, -0.2) is 17.5 Å². The van der Waals surface area contributed by atoms with Crippen LogP contribution in [0.2, 0.25) is 0 Å². The van der Waals surface area contributed by atoms with Gasteiger partial charge in [-0.2, -0.15) is 18.3 Å². The molecule has 6 nitrogen and oxygen atoms in total. The predicted octanol–water partition coefficient (Wildman–Crippen LogP) is 5.12. The maximum absolute atomic E-state index is 13.8. The van der Waals surface area contributed by atoms with Crippen molar-refractivity contribution in [1.82, 2.24) is 9.78 Å². The molecule has 174 valence electrons. The number of rotatable bonds is 5. The first-order valence-electron chi connectivity index (χ1n) is 9.70. The Morgan fingerprint density at radius 1 is 0.853 bits per heavy atom. The molecule has 0 radical (unpaired) electrons. The minimum atomic E-state index is -4.87. The van der Waals surface area contributed by atoms with Gasteiger partial charge in [0.05, 0.1) is 27.2 Å². The Labute approximate surface area is 191 Å². The number of nitrogens with zero attached hydrogens (tertiary/aromatic N) is 2. The number of halogens is 4. The number of aromatic nitrogens is 2. The highest BCUT2D eigenvalue weighted by molar-refractivity contribution is 7.91. The van der Waals surface area contributed by atoms with Crippen LogP contribution in [0.25, 0.3) is 5.69 Å². The summed E-state index contributed by atoms with van der Waals surface area (Å²) in [5, 5.41) is 6.06. The summed E-state index contributed by atoms with van der Waals surface area (Å²) >= 11 is 0. The Balaban J connectivity index is 1.60. The Morgan fingerprint density at radius 3 is 1.97 bits per heavy atom. The van der Waals surface area contributed by atoms with Crippen LogP contribution in [0.3, 0.4) is 0 Å². The van der Waals surface area contributed by atoms with Gasteiger partial charge in [0.15, 0.2) is 5.69 Å². The standard InChI is InChI=1S/C23H15F4N3O3S/c24-15-6-10-18(11-7-15)34(32,33)19-12-8-16(9-13-19)29-22(31)20-14-28-30(21(20)23(25,26)27)17-4-2-1-3-5-17/h1-14H,(H,29,31). The van der Waals surface area contributed by atoms with E-state index in [1.54, 1.807) is 18.2 Å². The molecule has 34 heavy (non-hydrogen) atoms. The van der Waals surface area contributed by atoms with Crippen LogP contribution in [-0.2, 0) is 16.0 Å². The molecule has 1 amide bonds. The normalized spacial score (nSPS) is 11.9. The fourth-order valence-corrected chi connectivity index (χ4v) is 4.48.